The fraction of sp³-hybridized carbons (Fsp3) is 0.421. The molecule has 1 aromatic heterocycles. The zero-order valence-corrected chi connectivity index (χ0v) is 14.6. The second-order valence-corrected chi connectivity index (χ2v) is 7.00. The first kappa shape index (κ1) is 16.8. The predicted molar refractivity (Wildman–Crippen MR) is 92.2 cm³/mol. The third kappa shape index (κ3) is 2.99. The van der Waals surface area contributed by atoms with Crippen LogP contribution in [-0.2, 0) is 16.1 Å². The van der Waals surface area contributed by atoms with Gasteiger partial charge in [-0.15, -0.1) is 0 Å². The van der Waals surface area contributed by atoms with Crippen molar-refractivity contribution in [2.75, 3.05) is 19.7 Å². The Morgan fingerprint density at radius 2 is 2.15 bits per heavy atom. The molecule has 2 aliphatic rings. The molecule has 2 fully saturated rings. The van der Waals surface area contributed by atoms with E-state index in [0.29, 0.717) is 26.1 Å². The van der Waals surface area contributed by atoms with E-state index >= 15 is 0 Å². The number of likely N-dealkylation sites (tertiary alicyclic amines) is 1. The summed E-state index contributed by atoms with van der Waals surface area (Å²) in [6, 6.07) is 9.67. The number of nitrogens with zero attached hydrogens (tertiary/aromatic N) is 3. The molecule has 0 saturated carbocycles. The number of benzene rings is 1. The maximum atomic E-state index is 12.6. The van der Waals surface area contributed by atoms with Crippen molar-refractivity contribution in [2.45, 2.75) is 31.5 Å². The molecule has 0 aliphatic carbocycles. The van der Waals surface area contributed by atoms with Crippen LogP contribution in [0.15, 0.2) is 47.4 Å². The Kier molecular flexibility index (Phi) is 4.24. The van der Waals surface area contributed by atoms with E-state index in [2.05, 4.69) is 4.98 Å². The molecular weight excluding hydrogens is 334 g/mol. The van der Waals surface area contributed by atoms with Crippen LogP contribution in [0.4, 0.5) is 0 Å². The number of carbonyl (C=O) groups excluding carboxylic acids is 2. The van der Waals surface area contributed by atoms with Gasteiger partial charge < -0.3 is 19.0 Å². The van der Waals surface area contributed by atoms with Crippen molar-refractivity contribution >= 4 is 11.8 Å². The summed E-state index contributed by atoms with van der Waals surface area (Å²) in [6.45, 7) is 3.60. The number of hydrogen-bond donors (Lipinski definition) is 0. The van der Waals surface area contributed by atoms with E-state index in [9.17, 15) is 9.59 Å². The highest BCUT2D eigenvalue weighted by Gasteiger charge is 2.49. The predicted octanol–water partition coefficient (Wildman–Crippen LogP) is 1.71. The van der Waals surface area contributed by atoms with E-state index in [0.717, 1.165) is 5.56 Å². The first-order chi connectivity index (χ1) is 12.6. The Labute approximate surface area is 151 Å². The Bertz CT molecular complexity index is 792. The van der Waals surface area contributed by atoms with Gasteiger partial charge in [0, 0.05) is 19.6 Å². The minimum Gasteiger partial charge on any atom is -0.451 e. The molecule has 2 atom stereocenters. The van der Waals surface area contributed by atoms with Crippen molar-refractivity contribution in [2.24, 2.45) is 0 Å². The molecule has 0 unspecified atom stereocenters. The van der Waals surface area contributed by atoms with Gasteiger partial charge in [0.2, 0.25) is 5.91 Å². The van der Waals surface area contributed by atoms with E-state index in [1.54, 1.807) is 4.90 Å². The topological polar surface area (TPSA) is 75.9 Å². The minimum absolute atomic E-state index is 0.0490. The van der Waals surface area contributed by atoms with Gasteiger partial charge in [-0.3, -0.25) is 9.59 Å². The molecule has 7 nitrogen and oxygen atoms in total. The van der Waals surface area contributed by atoms with Crippen LogP contribution in [0.25, 0.3) is 0 Å². The van der Waals surface area contributed by atoms with Gasteiger partial charge in [-0.1, -0.05) is 30.3 Å². The average molecular weight is 355 g/mol. The normalized spacial score (nSPS) is 25.9. The monoisotopic (exact) mass is 355 g/mol. The summed E-state index contributed by atoms with van der Waals surface area (Å²) < 4.78 is 10.8. The third-order valence-electron chi connectivity index (χ3n) is 5.33. The Balaban J connectivity index is 1.58. The van der Waals surface area contributed by atoms with Crippen LogP contribution in [-0.4, -0.2) is 57.9 Å². The molecule has 2 aliphatic heterocycles. The van der Waals surface area contributed by atoms with Gasteiger partial charge in [-0.25, -0.2) is 4.98 Å². The Morgan fingerprint density at radius 1 is 1.35 bits per heavy atom. The van der Waals surface area contributed by atoms with E-state index in [4.69, 9.17) is 9.15 Å². The largest absolute Gasteiger partial charge is 0.451 e. The number of fused-ring (bicyclic) bond motifs is 1. The van der Waals surface area contributed by atoms with Crippen LogP contribution in [0.5, 0.6) is 0 Å². The summed E-state index contributed by atoms with van der Waals surface area (Å²) in [5, 5.41) is 0. The van der Waals surface area contributed by atoms with Gasteiger partial charge in [0.15, 0.2) is 12.1 Å². The first-order valence-electron chi connectivity index (χ1n) is 8.72. The van der Waals surface area contributed by atoms with Gasteiger partial charge in [0.1, 0.15) is 12.9 Å². The number of amides is 2. The number of carbonyl (C=O) groups is 2. The number of rotatable bonds is 3. The van der Waals surface area contributed by atoms with Crippen LogP contribution in [0.2, 0.25) is 0 Å². The lowest BCUT2D eigenvalue weighted by Crippen LogP contribution is -2.67. The van der Waals surface area contributed by atoms with Crippen molar-refractivity contribution in [1.29, 1.82) is 0 Å². The lowest BCUT2D eigenvalue weighted by molar-refractivity contribution is -0.186. The molecule has 3 heterocycles. The number of aromatic nitrogens is 1. The molecular formula is C19H21N3O4. The SMILES string of the molecule is C[C@@]12CCN(C(=O)c3cocn3)C[C@H]1N(Cc1ccccc1)C(=O)CO2. The number of oxazole rings is 1. The fourth-order valence-corrected chi connectivity index (χ4v) is 3.74. The molecule has 2 saturated heterocycles. The molecule has 4 rings (SSSR count). The molecule has 0 radical (unpaired) electrons. The van der Waals surface area contributed by atoms with Crippen molar-refractivity contribution in [3.05, 3.63) is 54.2 Å². The van der Waals surface area contributed by atoms with Crippen LogP contribution in [0.1, 0.15) is 29.4 Å². The molecule has 136 valence electrons. The quantitative estimate of drug-likeness (QED) is 0.838. The van der Waals surface area contributed by atoms with Crippen LogP contribution in [0, 0.1) is 0 Å². The van der Waals surface area contributed by atoms with E-state index in [1.165, 1.54) is 12.7 Å². The standard InChI is InChI=1S/C19H21N3O4/c1-19-7-8-21(18(24)15-11-25-13-20-15)10-16(19)22(17(23)12-26-19)9-14-5-3-2-4-6-14/h2-6,11,13,16H,7-10,12H2,1H3/t16-,19-/m1/s1. The van der Waals surface area contributed by atoms with Gasteiger partial charge in [-0.05, 0) is 18.9 Å². The number of piperidine rings is 1. The zero-order chi connectivity index (χ0) is 18.1. The molecule has 1 aromatic carbocycles. The number of ether oxygens (including phenoxy) is 1. The van der Waals surface area contributed by atoms with Gasteiger partial charge in [-0.2, -0.15) is 0 Å². The summed E-state index contributed by atoms with van der Waals surface area (Å²) in [7, 11) is 0. The highest BCUT2D eigenvalue weighted by atomic mass is 16.5. The van der Waals surface area contributed by atoms with Gasteiger partial charge in [0.25, 0.3) is 5.91 Å². The van der Waals surface area contributed by atoms with Gasteiger partial charge >= 0.3 is 0 Å². The maximum Gasteiger partial charge on any atom is 0.275 e. The van der Waals surface area contributed by atoms with E-state index in [1.807, 2.05) is 42.2 Å². The van der Waals surface area contributed by atoms with Crippen molar-refractivity contribution in [1.82, 2.24) is 14.8 Å². The van der Waals surface area contributed by atoms with Crippen LogP contribution < -0.4 is 0 Å². The van der Waals surface area contributed by atoms with Crippen LogP contribution in [0.3, 0.4) is 0 Å². The molecule has 2 amide bonds. The molecule has 26 heavy (non-hydrogen) atoms. The summed E-state index contributed by atoms with van der Waals surface area (Å²) in [4.78, 5) is 32.7. The van der Waals surface area contributed by atoms with Crippen LogP contribution >= 0.6 is 0 Å². The lowest BCUT2D eigenvalue weighted by atomic mass is 9.85. The lowest BCUT2D eigenvalue weighted by Gasteiger charge is -2.52. The maximum absolute atomic E-state index is 12.6. The minimum atomic E-state index is -0.455. The molecule has 7 heteroatoms. The highest BCUT2D eigenvalue weighted by Crippen LogP contribution is 2.34. The highest BCUT2D eigenvalue weighted by molar-refractivity contribution is 5.92. The second-order valence-electron chi connectivity index (χ2n) is 7.00. The summed E-state index contributed by atoms with van der Waals surface area (Å²) in [5.74, 6) is -0.231. The summed E-state index contributed by atoms with van der Waals surface area (Å²) in [5.41, 5.74) is 0.889. The van der Waals surface area contributed by atoms with Gasteiger partial charge in [0.05, 0.1) is 11.6 Å². The second kappa shape index (κ2) is 6.57. The summed E-state index contributed by atoms with van der Waals surface area (Å²) >= 11 is 0. The summed E-state index contributed by atoms with van der Waals surface area (Å²) in [6.07, 6.45) is 3.26. The fourth-order valence-electron chi connectivity index (χ4n) is 3.74. The number of hydrogen-bond acceptors (Lipinski definition) is 5. The smallest absolute Gasteiger partial charge is 0.275 e. The Hall–Kier alpha value is -2.67. The average Bonchev–Trinajstić information content (AvgIpc) is 3.19. The third-order valence-corrected chi connectivity index (χ3v) is 5.33. The zero-order valence-electron chi connectivity index (χ0n) is 14.6. The molecule has 0 spiro atoms. The number of morpholine rings is 1. The van der Waals surface area contributed by atoms with Crippen molar-refractivity contribution < 1.29 is 18.7 Å². The Morgan fingerprint density at radius 3 is 2.88 bits per heavy atom. The molecule has 2 aromatic rings. The van der Waals surface area contributed by atoms with E-state index < -0.39 is 5.60 Å². The van der Waals surface area contributed by atoms with E-state index in [-0.39, 0.29) is 30.2 Å². The first-order valence-corrected chi connectivity index (χ1v) is 8.72. The van der Waals surface area contributed by atoms with Crippen molar-refractivity contribution in [3.8, 4) is 0 Å². The molecule has 0 bridgehead atoms. The van der Waals surface area contributed by atoms with Crippen molar-refractivity contribution in [3.63, 3.8) is 0 Å². The molecule has 0 N–H and O–H groups in total.